The number of nitrogens with two attached hydrogens (primary N) is 1. The topological polar surface area (TPSA) is 249 Å². The number of ketones is 1. The van der Waals surface area contributed by atoms with E-state index in [-0.39, 0.29) is 54.6 Å². The number of rotatable bonds is 15. The van der Waals surface area contributed by atoms with Crippen LogP contribution in [0.2, 0.25) is 0 Å². The highest BCUT2D eigenvalue weighted by Gasteiger charge is 2.79. The van der Waals surface area contributed by atoms with E-state index in [4.69, 9.17) is 33.7 Å². The van der Waals surface area contributed by atoms with Gasteiger partial charge in [-0.25, -0.2) is 14.7 Å². The number of fused-ring (bicyclic) bond motifs is 14. The molecule has 0 radical (unpaired) electrons. The van der Waals surface area contributed by atoms with Crippen LogP contribution < -0.4 is 5.90 Å². The Labute approximate surface area is 562 Å². The lowest BCUT2D eigenvalue weighted by atomic mass is 9.46. The second-order valence-corrected chi connectivity index (χ2v) is 30.7. The predicted octanol–water partition coefficient (Wildman–Crippen LogP) is 10.0. The molecule has 2 heterocycles. The van der Waals surface area contributed by atoms with Crippen LogP contribution in [0.5, 0.6) is 5.75 Å². The molecule has 0 spiro atoms. The Morgan fingerprint density at radius 2 is 1.18 bits per heavy atom. The maximum Gasteiger partial charge on any atom is 0.193 e. The van der Waals surface area contributed by atoms with E-state index < -0.39 is 87.5 Å². The van der Waals surface area contributed by atoms with Crippen molar-refractivity contribution >= 4 is 59.9 Å². The first kappa shape index (κ1) is 73.0. The van der Waals surface area contributed by atoms with Gasteiger partial charge in [0.1, 0.15) is 54.9 Å². The number of ether oxygens (including phenoxy) is 4. The number of aliphatic hydroxyl groups excluding tert-OH is 4. The third-order valence-electron chi connectivity index (χ3n) is 21.6. The first-order chi connectivity index (χ1) is 43.9. The molecule has 2 saturated heterocycles. The van der Waals surface area contributed by atoms with Crippen LogP contribution in [-0.4, -0.2) is 177 Å². The molecule has 0 aromatic heterocycles. The van der Waals surface area contributed by atoms with Gasteiger partial charge in [0.05, 0.1) is 43.3 Å². The van der Waals surface area contributed by atoms with Gasteiger partial charge >= 0.3 is 0 Å². The number of aliphatic hydroxyl groups is 4. The summed E-state index contributed by atoms with van der Waals surface area (Å²) in [5, 5.41) is 67.7. The lowest BCUT2D eigenvalue weighted by Gasteiger charge is -2.60. The highest BCUT2D eigenvalue weighted by atomic mass is 32.2. The predicted molar refractivity (Wildman–Crippen MR) is 363 cm³/mol. The Morgan fingerprint density at radius 3 is 1.62 bits per heavy atom. The van der Waals surface area contributed by atoms with Crippen molar-refractivity contribution in [1.82, 2.24) is 5.01 Å². The fraction of sp³-hybridized carbons (Fsp3) is 0.657. The van der Waals surface area contributed by atoms with Gasteiger partial charge < -0.3 is 64.0 Å². The zero-order valence-corrected chi connectivity index (χ0v) is 58.4. The maximum atomic E-state index is 16.2. The molecule has 2 aliphatic heterocycles. The van der Waals surface area contributed by atoms with Crippen molar-refractivity contribution in [2.75, 3.05) is 64.4 Å². The number of alkyl halides is 2. The minimum Gasteiger partial charge on any atom is -0.508 e. The molecule has 514 valence electrons. The number of hydrogen-bond donors (Lipinski definition) is 8. The van der Waals surface area contributed by atoms with E-state index in [2.05, 4.69) is 83.5 Å². The fourth-order valence-corrected chi connectivity index (χ4v) is 19.5. The summed E-state index contributed by atoms with van der Waals surface area (Å²) in [6, 6.07) is 15.5. The number of aromatic hydroxyl groups is 1. The van der Waals surface area contributed by atoms with Crippen LogP contribution in [0.25, 0.3) is 0 Å². The molecule has 10 aliphatic rings. The van der Waals surface area contributed by atoms with Gasteiger partial charge in [0.2, 0.25) is 0 Å². The third-order valence-corrected chi connectivity index (χ3v) is 22.9. The number of hydrazone groups is 1. The molecule has 8 fully saturated rings. The SMILES string of the molecule is CN(C)/N=C(/CO)[C@@]12OC(C)(C)O[C@@H]1C[C@H]1[C@@H]3C[C@H](F)C4=C/C(=N/OCCS)C=C[C@]4(C)[C@H]3[C@@H](O)C[C@@]12C.Cc1cccc(O)c1.Cc1cccc(SCCO/N=C2\C=C[C@@]3(C)C(=C2)[C@@H](F)C[C@@H]2[C@@H]3[C@@H](O)C[C@@]3(C)[C@H]2C[C@H]2OC(C)(C)O[C@]23C(=O)CO)c1.NOCCS. The van der Waals surface area contributed by atoms with Gasteiger partial charge in [0.15, 0.2) is 23.0 Å². The maximum absolute atomic E-state index is 16.2. The van der Waals surface area contributed by atoms with Gasteiger partial charge in [0.25, 0.3) is 0 Å². The van der Waals surface area contributed by atoms with Gasteiger partial charge in [-0.3, -0.25) is 4.79 Å². The van der Waals surface area contributed by atoms with Crippen molar-refractivity contribution in [3.05, 3.63) is 107 Å². The number of hydrogen-bond acceptors (Lipinski definition) is 21. The number of phenolic OH excluding ortho intramolecular Hbond substituents is 1. The monoisotopic (exact) mass is 1350 g/mol. The Kier molecular flexibility index (Phi) is 22.5. The molecule has 12 rings (SSSR count). The number of aryl methyl sites for hydroxylation is 2. The lowest BCUT2D eigenvalue weighted by molar-refractivity contribution is -0.226. The third kappa shape index (κ3) is 13.7. The number of carbonyl (C=O) groups is 1. The van der Waals surface area contributed by atoms with Gasteiger partial charge in [-0.2, -0.15) is 30.4 Å². The van der Waals surface area contributed by atoms with Crippen LogP contribution in [0.15, 0.2) is 116 Å². The van der Waals surface area contributed by atoms with Crippen molar-refractivity contribution in [1.29, 1.82) is 0 Å². The van der Waals surface area contributed by atoms with Gasteiger partial charge in [-0.15, -0.1) is 11.8 Å². The van der Waals surface area contributed by atoms with Crippen LogP contribution in [0.4, 0.5) is 8.78 Å². The van der Waals surface area contributed by atoms with Crippen molar-refractivity contribution in [2.45, 2.75) is 172 Å². The standard InChI is InChI=1S/C33H42FNO6S.C28H42FN3O5S.C7H8O.C2H7NOS/c1-19-7-6-8-21(13-19)42-12-11-39-35-20-9-10-31(4)24(14-20)25(34)15-22-23-16-28-33(27(38)18-36,41-30(2,3)40-28)32(23,5)17-26(37)29(22)31;1-25(2)36-23-13-18-17-12-20(29)19-11-16(31-35-9-10-38)7-8-26(19,3)24(17)21(34)14-27(18,4)28(23,37-25)22(15-33)30-32(5)6;1-6-3-2-4-7(8)5-6;3-4-1-2-5/h6-10,13-14,22-23,25-26,28-29,36-37H,11-12,15-18H2,1-5H3;7-8,11,17-18,20-21,23-24,33-34,38H,9-10,12-15H2,1-6H3;2-5,8H,1H3;5H,1-3H2/b35-20+;30-22-,31-16+;;/t22-,23-,25-,26-,28+,29+,31-,32-,33+;17-,18-,20-,21-,23+,24+,26-,27-,28+;;/m00../s1. The second-order valence-electron chi connectivity index (χ2n) is 28.6. The minimum absolute atomic E-state index is 0.00900. The zero-order valence-electron chi connectivity index (χ0n) is 55.8. The number of oxime groups is 2. The Bertz CT molecular complexity index is 3220. The van der Waals surface area contributed by atoms with Crippen molar-refractivity contribution in [3.63, 3.8) is 0 Å². The summed E-state index contributed by atoms with van der Waals surface area (Å²) in [4.78, 5) is 29.5. The minimum atomic E-state index is -1.37. The normalized spacial score (nSPS) is 39.3. The van der Waals surface area contributed by atoms with E-state index in [9.17, 15) is 25.2 Å². The van der Waals surface area contributed by atoms with Gasteiger partial charge in [-0.05, 0) is 169 Å². The first-order valence-electron chi connectivity index (χ1n) is 32.5. The number of thioether (sulfide) groups is 1. The van der Waals surface area contributed by atoms with Crippen LogP contribution in [-0.2, 0) is 38.3 Å². The fourth-order valence-electron chi connectivity index (χ4n) is 18.5. The van der Waals surface area contributed by atoms with E-state index in [1.54, 1.807) is 54.9 Å². The number of nitrogens with zero attached hydrogens (tertiary/aromatic N) is 4. The van der Waals surface area contributed by atoms with Gasteiger partial charge in [0, 0.05) is 69.7 Å². The van der Waals surface area contributed by atoms with Crippen molar-refractivity contribution < 1.29 is 72.6 Å². The molecule has 7 N–H and O–H groups in total. The Balaban J connectivity index is 0.000000184. The number of Topliss-reactive ketones (excluding diaryl/α,β-unsaturated/α-hetero) is 1. The van der Waals surface area contributed by atoms with Crippen molar-refractivity contribution in [3.8, 4) is 5.75 Å². The van der Waals surface area contributed by atoms with Crippen LogP contribution in [0, 0.1) is 71.0 Å². The molecule has 8 aliphatic carbocycles. The largest absolute Gasteiger partial charge is 0.508 e. The van der Waals surface area contributed by atoms with Crippen LogP contribution in [0.1, 0.15) is 105 Å². The Hall–Kier alpha value is -4.21. The average molecular weight is 1350 g/mol. The molecule has 18 atom stereocenters. The summed E-state index contributed by atoms with van der Waals surface area (Å²) in [6.45, 7) is 19.8. The molecule has 2 aromatic carbocycles. The molecular formula is C70H99F2N5O13S3. The van der Waals surface area contributed by atoms with E-state index >= 15 is 8.78 Å². The lowest BCUT2D eigenvalue weighted by Crippen LogP contribution is -2.64. The molecule has 0 unspecified atom stereocenters. The number of phenols is 1. The van der Waals surface area contributed by atoms with Crippen molar-refractivity contribution in [2.24, 2.45) is 78.5 Å². The van der Waals surface area contributed by atoms with Crippen LogP contribution in [0.3, 0.4) is 0 Å². The highest BCUT2D eigenvalue weighted by molar-refractivity contribution is 7.99. The first-order valence-corrected chi connectivity index (χ1v) is 34.7. The number of carbonyl (C=O) groups excluding carboxylic acids is 1. The number of allylic oxidation sites excluding steroid dienone is 8. The zero-order chi connectivity index (χ0) is 67.9. The quantitative estimate of drug-likeness (QED) is 0.0272. The molecule has 23 heteroatoms. The number of halogens is 2. The molecule has 18 nitrogen and oxygen atoms in total. The summed E-state index contributed by atoms with van der Waals surface area (Å²) >= 11 is 9.63. The molecule has 0 amide bonds. The molecule has 93 heavy (non-hydrogen) atoms. The molecule has 6 saturated carbocycles. The second kappa shape index (κ2) is 28.7. The van der Waals surface area contributed by atoms with E-state index in [1.807, 2.05) is 98.1 Å². The summed E-state index contributed by atoms with van der Waals surface area (Å²) in [6.07, 6.45) is 8.85. The molecule has 2 aromatic rings. The summed E-state index contributed by atoms with van der Waals surface area (Å²) < 4.78 is 58.1. The number of thiol groups is 2. The molecular weight excluding hydrogens is 1250 g/mol. The van der Waals surface area contributed by atoms with Crippen LogP contribution >= 0.6 is 37.0 Å². The molecule has 0 bridgehead atoms. The summed E-state index contributed by atoms with van der Waals surface area (Å²) in [5.41, 5.74) is -0.0158. The summed E-state index contributed by atoms with van der Waals surface area (Å²) in [7, 11) is 3.62. The van der Waals surface area contributed by atoms with E-state index in [0.29, 0.717) is 97.5 Å². The summed E-state index contributed by atoms with van der Waals surface area (Å²) in [5.74, 6) is 3.77. The average Bonchev–Trinajstić information content (AvgIpc) is 1.54. The number of benzene rings is 2. The van der Waals surface area contributed by atoms with E-state index in [1.165, 1.54) is 10.5 Å². The van der Waals surface area contributed by atoms with Gasteiger partial charge in [-0.1, -0.05) is 80.0 Å². The highest BCUT2D eigenvalue weighted by Crippen LogP contribution is 2.73. The Morgan fingerprint density at radius 1 is 0.699 bits per heavy atom. The smallest absolute Gasteiger partial charge is 0.193 e. The van der Waals surface area contributed by atoms with E-state index in [0.717, 1.165) is 11.3 Å².